The predicted octanol–water partition coefficient (Wildman–Crippen LogP) is 3.47. The van der Waals surface area contributed by atoms with Crippen LogP contribution in [0.4, 0.5) is 0 Å². The molecular formula is C12H13NO. The largest absolute Gasteiger partial charge is 0.472 e. The van der Waals surface area contributed by atoms with Crippen LogP contribution in [0.1, 0.15) is 25.5 Å². The fraction of sp³-hybridized carbons (Fsp3) is 0.250. The maximum Gasteiger partial charge on any atom is 0.0981 e. The molecule has 0 aliphatic carbocycles. The summed E-state index contributed by atoms with van der Waals surface area (Å²) in [5.74, 6) is 0.480. The van der Waals surface area contributed by atoms with Crippen molar-refractivity contribution in [3.63, 3.8) is 0 Å². The first-order valence-electron chi connectivity index (χ1n) is 4.76. The highest BCUT2D eigenvalue weighted by molar-refractivity contribution is 5.60. The van der Waals surface area contributed by atoms with Crippen LogP contribution in [0.25, 0.3) is 11.1 Å². The summed E-state index contributed by atoms with van der Waals surface area (Å²) in [5.41, 5.74) is 3.30. The molecule has 0 N–H and O–H groups in total. The molecule has 0 amide bonds. The van der Waals surface area contributed by atoms with Crippen LogP contribution in [0, 0.1) is 0 Å². The summed E-state index contributed by atoms with van der Waals surface area (Å²) in [6.07, 6.45) is 5.29. The van der Waals surface area contributed by atoms with E-state index in [9.17, 15) is 0 Å². The first-order valence-corrected chi connectivity index (χ1v) is 4.76. The normalized spacial score (nSPS) is 10.8. The van der Waals surface area contributed by atoms with Gasteiger partial charge in [-0.3, -0.25) is 4.98 Å². The molecule has 2 rings (SSSR count). The summed E-state index contributed by atoms with van der Waals surface area (Å²) < 4.78 is 5.02. The van der Waals surface area contributed by atoms with Gasteiger partial charge in [-0.05, 0) is 18.1 Å². The Balaban J connectivity index is 2.31. The van der Waals surface area contributed by atoms with Crippen LogP contribution in [-0.2, 0) is 0 Å². The molecule has 0 bridgehead atoms. The Morgan fingerprint density at radius 2 is 2.00 bits per heavy atom. The average Bonchev–Trinajstić information content (AvgIpc) is 2.71. The Kier molecular flexibility index (Phi) is 2.35. The van der Waals surface area contributed by atoms with Gasteiger partial charge in [-0.2, -0.15) is 0 Å². The van der Waals surface area contributed by atoms with Crippen molar-refractivity contribution in [1.82, 2.24) is 4.98 Å². The lowest BCUT2D eigenvalue weighted by molar-refractivity contribution is 0.568. The standard InChI is InChI=1S/C12H13NO/c1-9(2)12-4-3-10(7-13-12)11-5-6-14-8-11/h3-9H,1-2H3. The zero-order valence-corrected chi connectivity index (χ0v) is 8.40. The third-order valence-electron chi connectivity index (χ3n) is 2.23. The first kappa shape index (κ1) is 9.00. The highest BCUT2D eigenvalue weighted by Gasteiger charge is 2.02. The number of nitrogens with zero attached hydrogens (tertiary/aromatic N) is 1. The van der Waals surface area contributed by atoms with Crippen molar-refractivity contribution in [1.29, 1.82) is 0 Å². The van der Waals surface area contributed by atoms with E-state index in [0.29, 0.717) is 5.92 Å². The molecule has 0 unspecified atom stereocenters. The van der Waals surface area contributed by atoms with Crippen molar-refractivity contribution >= 4 is 0 Å². The number of rotatable bonds is 2. The lowest BCUT2D eigenvalue weighted by Crippen LogP contribution is -1.91. The molecule has 2 aromatic heterocycles. The summed E-state index contributed by atoms with van der Waals surface area (Å²) in [5, 5.41) is 0. The topological polar surface area (TPSA) is 26.0 Å². The highest BCUT2D eigenvalue weighted by atomic mass is 16.3. The Bertz CT molecular complexity index is 387. The minimum Gasteiger partial charge on any atom is -0.472 e. The summed E-state index contributed by atoms with van der Waals surface area (Å²) in [4.78, 5) is 4.39. The van der Waals surface area contributed by atoms with Crippen molar-refractivity contribution < 1.29 is 4.42 Å². The van der Waals surface area contributed by atoms with E-state index in [2.05, 4.69) is 31.0 Å². The molecule has 0 aromatic carbocycles. The molecule has 0 atom stereocenters. The van der Waals surface area contributed by atoms with Gasteiger partial charge in [0.2, 0.25) is 0 Å². The van der Waals surface area contributed by atoms with E-state index < -0.39 is 0 Å². The van der Waals surface area contributed by atoms with E-state index in [1.807, 2.05) is 12.3 Å². The van der Waals surface area contributed by atoms with Crippen LogP contribution in [0.15, 0.2) is 41.3 Å². The Morgan fingerprint density at radius 3 is 2.50 bits per heavy atom. The van der Waals surface area contributed by atoms with Gasteiger partial charge in [0.1, 0.15) is 0 Å². The van der Waals surface area contributed by atoms with E-state index in [4.69, 9.17) is 4.42 Å². The van der Waals surface area contributed by atoms with Gasteiger partial charge in [0, 0.05) is 23.0 Å². The van der Waals surface area contributed by atoms with Crippen molar-refractivity contribution in [3.05, 3.63) is 42.6 Å². The molecular weight excluding hydrogens is 174 g/mol. The number of hydrogen-bond donors (Lipinski definition) is 0. The Labute approximate surface area is 83.6 Å². The summed E-state index contributed by atoms with van der Waals surface area (Å²) in [7, 11) is 0. The van der Waals surface area contributed by atoms with Crippen molar-refractivity contribution in [2.45, 2.75) is 19.8 Å². The first-order chi connectivity index (χ1) is 6.77. The molecule has 72 valence electrons. The summed E-state index contributed by atoms with van der Waals surface area (Å²) >= 11 is 0. The second-order valence-electron chi connectivity index (χ2n) is 3.64. The molecule has 2 heteroatoms. The second-order valence-corrected chi connectivity index (χ2v) is 3.64. The number of furan rings is 1. The third-order valence-corrected chi connectivity index (χ3v) is 2.23. The molecule has 0 aliphatic rings. The summed E-state index contributed by atoms with van der Waals surface area (Å²) in [6.45, 7) is 4.28. The van der Waals surface area contributed by atoms with Crippen LogP contribution < -0.4 is 0 Å². The molecule has 2 nitrogen and oxygen atoms in total. The van der Waals surface area contributed by atoms with Crippen molar-refractivity contribution in [2.24, 2.45) is 0 Å². The SMILES string of the molecule is CC(C)c1ccc(-c2ccoc2)cn1. The lowest BCUT2D eigenvalue weighted by atomic mass is 10.1. The van der Waals surface area contributed by atoms with Crippen molar-refractivity contribution in [2.75, 3.05) is 0 Å². The molecule has 0 spiro atoms. The molecule has 0 fully saturated rings. The van der Waals surface area contributed by atoms with Gasteiger partial charge < -0.3 is 4.42 Å². The molecule has 0 saturated heterocycles. The van der Waals surface area contributed by atoms with E-state index >= 15 is 0 Å². The highest BCUT2D eigenvalue weighted by Crippen LogP contribution is 2.20. The zero-order chi connectivity index (χ0) is 9.97. The van der Waals surface area contributed by atoms with Crippen LogP contribution in [0.2, 0.25) is 0 Å². The van der Waals surface area contributed by atoms with Gasteiger partial charge in [0.15, 0.2) is 0 Å². The summed E-state index contributed by atoms with van der Waals surface area (Å²) in [6, 6.07) is 6.08. The van der Waals surface area contributed by atoms with Crippen LogP contribution in [0.5, 0.6) is 0 Å². The monoisotopic (exact) mass is 187 g/mol. The molecule has 0 radical (unpaired) electrons. The van der Waals surface area contributed by atoms with Crippen LogP contribution in [0.3, 0.4) is 0 Å². The molecule has 0 aliphatic heterocycles. The lowest BCUT2D eigenvalue weighted by Gasteiger charge is -2.04. The second kappa shape index (κ2) is 3.66. The minimum atomic E-state index is 0.480. The van der Waals surface area contributed by atoms with Gasteiger partial charge in [-0.1, -0.05) is 19.9 Å². The van der Waals surface area contributed by atoms with Crippen LogP contribution >= 0.6 is 0 Å². The number of pyridine rings is 1. The average molecular weight is 187 g/mol. The van der Waals surface area contributed by atoms with E-state index in [1.165, 1.54) is 0 Å². The van der Waals surface area contributed by atoms with E-state index in [-0.39, 0.29) is 0 Å². The molecule has 0 saturated carbocycles. The Hall–Kier alpha value is -1.57. The Morgan fingerprint density at radius 1 is 1.14 bits per heavy atom. The van der Waals surface area contributed by atoms with Crippen molar-refractivity contribution in [3.8, 4) is 11.1 Å². The fourth-order valence-electron chi connectivity index (χ4n) is 1.35. The van der Waals surface area contributed by atoms with Crippen LogP contribution in [-0.4, -0.2) is 4.98 Å². The maximum atomic E-state index is 5.02. The third kappa shape index (κ3) is 1.69. The predicted molar refractivity (Wildman–Crippen MR) is 56.0 cm³/mol. The van der Waals surface area contributed by atoms with Gasteiger partial charge >= 0.3 is 0 Å². The molecule has 2 heterocycles. The van der Waals surface area contributed by atoms with E-state index in [0.717, 1.165) is 16.8 Å². The van der Waals surface area contributed by atoms with Gasteiger partial charge in [-0.25, -0.2) is 0 Å². The van der Waals surface area contributed by atoms with Gasteiger partial charge in [0.25, 0.3) is 0 Å². The number of aromatic nitrogens is 1. The zero-order valence-electron chi connectivity index (χ0n) is 8.40. The quantitative estimate of drug-likeness (QED) is 0.719. The smallest absolute Gasteiger partial charge is 0.0981 e. The van der Waals surface area contributed by atoms with E-state index in [1.54, 1.807) is 12.5 Å². The number of hydrogen-bond acceptors (Lipinski definition) is 2. The van der Waals surface area contributed by atoms with Gasteiger partial charge in [0.05, 0.1) is 12.5 Å². The molecule has 2 aromatic rings. The molecule has 14 heavy (non-hydrogen) atoms. The minimum absolute atomic E-state index is 0.480. The van der Waals surface area contributed by atoms with Gasteiger partial charge in [-0.15, -0.1) is 0 Å². The fourth-order valence-corrected chi connectivity index (χ4v) is 1.35. The maximum absolute atomic E-state index is 5.02.